The van der Waals surface area contributed by atoms with E-state index < -0.39 is 20.5 Å². The van der Waals surface area contributed by atoms with E-state index in [1.54, 1.807) is 27.8 Å². The molecule has 4 aromatic rings. The molecule has 1 amide bonds. The molecule has 5 rings (SSSR count). The maximum atomic E-state index is 13.4. The Morgan fingerprint density at radius 2 is 1.71 bits per heavy atom. The lowest BCUT2D eigenvalue weighted by Crippen LogP contribution is -2.54. The molecule has 2 N–H and O–H groups in total. The highest BCUT2D eigenvalue weighted by atomic mass is 32.2. The highest BCUT2D eigenvalue weighted by Crippen LogP contribution is 2.35. The first-order valence-corrected chi connectivity index (χ1v) is 12.5. The van der Waals surface area contributed by atoms with E-state index in [2.05, 4.69) is 20.5 Å². The number of rotatable bonds is 7. The highest BCUT2D eigenvalue weighted by Gasteiger charge is 2.52. The minimum atomic E-state index is -4.09. The van der Waals surface area contributed by atoms with Gasteiger partial charge in [0.1, 0.15) is 11.0 Å². The summed E-state index contributed by atoms with van der Waals surface area (Å²) in [7, 11) is -4.09. The first-order valence-electron chi connectivity index (χ1n) is 11.0. The molecule has 1 fully saturated rings. The maximum absolute atomic E-state index is 13.4. The molecule has 0 unspecified atom stereocenters. The number of nitrogens with one attached hydrogen (secondary N) is 1. The van der Waals surface area contributed by atoms with Crippen molar-refractivity contribution in [2.45, 2.75) is 35.4 Å². The van der Waals surface area contributed by atoms with Gasteiger partial charge < -0.3 is 4.74 Å². The van der Waals surface area contributed by atoms with E-state index in [1.165, 1.54) is 17.6 Å². The van der Waals surface area contributed by atoms with E-state index in [0.29, 0.717) is 18.7 Å². The number of ether oxygens (including phenoxy) is 1. The summed E-state index contributed by atoms with van der Waals surface area (Å²) in [5.41, 5.74) is 4.50. The molecule has 182 valence electrons. The molecule has 0 bridgehead atoms. The third-order valence-electron chi connectivity index (χ3n) is 6.18. The number of nitrogens with zero attached hydrogens (tertiary/aromatic N) is 6. The first kappa shape index (κ1) is 23.1. The highest BCUT2D eigenvalue weighted by molar-refractivity contribution is 7.93. The molecule has 0 aliphatic carbocycles. The summed E-state index contributed by atoms with van der Waals surface area (Å²) in [5.74, 6) is -0.953. The zero-order chi connectivity index (χ0) is 24.5. The first-order chi connectivity index (χ1) is 16.9. The second kappa shape index (κ2) is 9.17. The van der Waals surface area contributed by atoms with Gasteiger partial charge in [-0.3, -0.25) is 10.0 Å². The van der Waals surface area contributed by atoms with Crippen molar-refractivity contribution in [3.63, 3.8) is 0 Å². The third-order valence-corrected chi connectivity index (χ3v) is 8.69. The van der Waals surface area contributed by atoms with E-state index in [0.717, 1.165) is 16.7 Å². The fraction of sp³-hybridized carbons (Fsp3) is 0.318. The Hall–Kier alpha value is -3.68. The van der Waals surface area contributed by atoms with Gasteiger partial charge in [0.25, 0.3) is 5.91 Å². The topological polar surface area (TPSA) is 154 Å². The van der Waals surface area contributed by atoms with Crippen molar-refractivity contribution >= 4 is 26.8 Å². The van der Waals surface area contributed by atoms with E-state index in [1.807, 2.05) is 24.3 Å². The Morgan fingerprint density at radius 1 is 1.06 bits per heavy atom. The average molecular weight is 498 g/mol. The molecule has 0 spiro atoms. The van der Waals surface area contributed by atoms with Crippen molar-refractivity contribution in [1.29, 1.82) is 0 Å². The smallest absolute Gasteiger partial charge is 0.265 e. The number of amides is 1. The van der Waals surface area contributed by atoms with Crippen LogP contribution in [0.15, 0.2) is 59.6 Å². The van der Waals surface area contributed by atoms with E-state index >= 15 is 0 Å². The van der Waals surface area contributed by atoms with Crippen LogP contribution in [0, 0.1) is 0 Å². The van der Waals surface area contributed by atoms with Gasteiger partial charge in [-0.2, -0.15) is 15.0 Å². The van der Waals surface area contributed by atoms with Gasteiger partial charge in [-0.15, -0.1) is 5.10 Å². The molecule has 1 aliphatic rings. The predicted molar refractivity (Wildman–Crippen MR) is 122 cm³/mol. The van der Waals surface area contributed by atoms with Crippen molar-refractivity contribution in [2.24, 2.45) is 0 Å². The predicted octanol–water partition coefficient (Wildman–Crippen LogP) is 1.08. The number of hydrogen-bond acceptors (Lipinski definition) is 9. The van der Waals surface area contributed by atoms with Crippen LogP contribution in [-0.2, 0) is 32.3 Å². The number of carbonyl (C=O) groups excluding carboxylic acids is 1. The number of sulfone groups is 1. The molecule has 2 aromatic heterocycles. The number of aromatic nitrogens is 6. The molecule has 35 heavy (non-hydrogen) atoms. The molecular weight excluding hydrogens is 474 g/mol. The van der Waals surface area contributed by atoms with Crippen LogP contribution in [0.1, 0.15) is 18.5 Å². The van der Waals surface area contributed by atoms with Crippen LogP contribution in [0.3, 0.4) is 0 Å². The van der Waals surface area contributed by atoms with Crippen molar-refractivity contribution in [3.05, 3.63) is 60.4 Å². The van der Waals surface area contributed by atoms with Crippen LogP contribution in [-0.4, -0.2) is 67.5 Å². The summed E-state index contributed by atoms with van der Waals surface area (Å²) in [5, 5.41) is 26.4. The number of fused-ring (bicyclic) bond motifs is 1. The molecule has 13 heteroatoms. The zero-order valence-electron chi connectivity index (χ0n) is 18.6. The standard InChI is InChI=1S/C22H23N7O5S/c30-21(26-31)22(10-13-34-14-11-22)35(32,33)18-7-5-17(6-8-18)28-15-16(23-27-28)9-12-29-24-19-3-1-2-4-20(19)25-29/h1-8,15,31H,9-14H2,(H,26,30). The second-order valence-corrected chi connectivity index (χ2v) is 10.5. The summed E-state index contributed by atoms with van der Waals surface area (Å²) < 4.78 is 31.7. The SMILES string of the molecule is O=C(NO)C1(S(=O)(=O)c2ccc(-n3cc(CCn4nc5ccccc5n4)nn3)cc2)CCOCC1. The molecule has 0 atom stereocenters. The summed E-state index contributed by atoms with van der Waals surface area (Å²) in [4.78, 5) is 14.0. The number of hydroxylamine groups is 1. The van der Waals surface area contributed by atoms with Gasteiger partial charge in [0.15, 0.2) is 14.6 Å². The molecule has 0 saturated carbocycles. The Labute approximate surface area is 200 Å². The van der Waals surface area contributed by atoms with Crippen molar-refractivity contribution in [1.82, 2.24) is 35.5 Å². The Bertz CT molecular complexity index is 1420. The molecule has 1 saturated heterocycles. The fourth-order valence-electron chi connectivity index (χ4n) is 4.18. The lowest BCUT2D eigenvalue weighted by atomic mass is 9.98. The van der Waals surface area contributed by atoms with E-state index in [-0.39, 0.29) is 31.0 Å². The quantitative estimate of drug-likeness (QED) is 0.282. The maximum Gasteiger partial charge on any atom is 0.265 e. The summed E-state index contributed by atoms with van der Waals surface area (Å²) >= 11 is 0. The molecule has 3 heterocycles. The van der Waals surface area contributed by atoms with Crippen molar-refractivity contribution < 1.29 is 23.2 Å². The average Bonchev–Trinajstić information content (AvgIpc) is 3.54. The Kier molecular flexibility index (Phi) is 6.05. The van der Waals surface area contributed by atoms with Crippen LogP contribution >= 0.6 is 0 Å². The molecule has 0 radical (unpaired) electrons. The van der Waals surface area contributed by atoms with Crippen LogP contribution in [0.4, 0.5) is 0 Å². The van der Waals surface area contributed by atoms with Gasteiger partial charge in [0, 0.05) is 19.6 Å². The minimum Gasteiger partial charge on any atom is -0.381 e. The monoisotopic (exact) mass is 497 g/mol. The molecular formula is C22H23N7O5S. The van der Waals surface area contributed by atoms with E-state index in [4.69, 9.17) is 4.74 Å². The molecule has 2 aromatic carbocycles. The van der Waals surface area contributed by atoms with Crippen molar-refractivity contribution in [3.8, 4) is 5.69 Å². The molecule has 12 nitrogen and oxygen atoms in total. The number of hydrogen-bond donors (Lipinski definition) is 2. The Morgan fingerprint density at radius 3 is 2.34 bits per heavy atom. The minimum absolute atomic E-state index is 0.0242. The van der Waals surface area contributed by atoms with Gasteiger partial charge in [0.05, 0.1) is 29.0 Å². The lowest BCUT2D eigenvalue weighted by Gasteiger charge is -2.34. The van der Waals surface area contributed by atoms with Gasteiger partial charge >= 0.3 is 0 Å². The largest absolute Gasteiger partial charge is 0.381 e. The second-order valence-electron chi connectivity index (χ2n) is 8.23. The van der Waals surface area contributed by atoms with E-state index in [9.17, 15) is 18.4 Å². The zero-order valence-corrected chi connectivity index (χ0v) is 19.4. The van der Waals surface area contributed by atoms with Gasteiger partial charge in [-0.25, -0.2) is 18.6 Å². The van der Waals surface area contributed by atoms with Gasteiger partial charge in [0.2, 0.25) is 0 Å². The molecule has 1 aliphatic heterocycles. The van der Waals surface area contributed by atoms with Crippen LogP contribution in [0.5, 0.6) is 0 Å². The van der Waals surface area contributed by atoms with Crippen LogP contribution < -0.4 is 5.48 Å². The fourth-order valence-corrected chi connectivity index (χ4v) is 6.12. The number of carbonyl (C=O) groups is 1. The van der Waals surface area contributed by atoms with Crippen molar-refractivity contribution in [2.75, 3.05) is 13.2 Å². The van der Waals surface area contributed by atoms with Crippen LogP contribution in [0.25, 0.3) is 16.7 Å². The number of benzene rings is 2. The van der Waals surface area contributed by atoms with Crippen LogP contribution in [0.2, 0.25) is 0 Å². The normalized spacial score (nSPS) is 15.8. The number of aryl methyl sites for hydroxylation is 2. The summed E-state index contributed by atoms with van der Waals surface area (Å²) in [6.45, 7) is 0.746. The summed E-state index contributed by atoms with van der Waals surface area (Å²) in [6.07, 6.45) is 2.23. The third kappa shape index (κ3) is 4.17. The summed E-state index contributed by atoms with van der Waals surface area (Å²) in [6, 6.07) is 13.7. The Balaban J connectivity index is 1.32. The van der Waals surface area contributed by atoms with Gasteiger partial charge in [-0.1, -0.05) is 17.3 Å². The lowest BCUT2D eigenvalue weighted by molar-refractivity contribution is -0.134. The van der Waals surface area contributed by atoms with Gasteiger partial charge in [-0.05, 0) is 49.2 Å².